The first-order valence-corrected chi connectivity index (χ1v) is 20.1. The molecule has 0 aliphatic carbocycles. The van der Waals surface area contributed by atoms with E-state index in [2.05, 4.69) is 43.2 Å². The van der Waals surface area contributed by atoms with Crippen LogP contribution in [-0.4, -0.2) is 62.8 Å². The first kappa shape index (κ1) is 44.6. The minimum Gasteiger partial charge on any atom is -0.466 e. The Morgan fingerprint density at radius 2 is 1.10 bits per heavy atom. The van der Waals surface area contributed by atoms with E-state index in [0.29, 0.717) is 43.3 Å². The van der Waals surface area contributed by atoms with Crippen molar-refractivity contribution in [2.24, 2.45) is 5.92 Å². The molecule has 0 spiro atoms. The summed E-state index contributed by atoms with van der Waals surface area (Å²) in [7, 11) is 1.66. The van der Waals surface area contributed by atoms with E-state index in [4.69, 9.17) is 9.47 Å². The molecule has 0 heterocycles. The van der Waals surface area contributed by atoms with Gasteiger partial charge in [0.05, 0.1) is 6.61 Å². The van der Waals surface area contributed by atoms with Gasteiger partial charge in [-0.25, -0.2) is 0 Å². The van der Waals surface area contributed by atoms with Gasteiger partial charge >= 0.3 is 11.9 Å². The van der Waals surface area contributed by atoms with Gasteiger partial charge in [0.1, 0.15) is 17.5 Å². The molecule has 9 nitrogen and oxygen atoms in total. The molecular formula is C40H73N3O6. The molecule has 0 aromatic heterocycles. The van der Waals surface area contributed by atoms with Gasteiger partial charge in [-0.2, -0.15) is 0 Å². The SMILES string of the molecule is CCCC(CCC)CCOC(=O)CCCCCCCN(CCCCCCCC(=O)OC(CCC)CCC)CCCNc1c(NC)c(=O)c1=O. The van der Waals surface area contributed by atoms with Crippen LogP contribution in [0.2, 0.25) is 0 Å². The van der Waals surface area contributed by atoms with Crippen molar-refractivity contribution in [1.29, 1.82) is 0 Å². The number of esters is 2. The lowest BCUT2D eigenvalue weighted by molar-refractivity contribution is -0.150. The van der Waals surface area contributed by atoms with Gasteiger partial charge in [0.25, 0.3) is 10.9 Å². The zero-order chi connectivity index (χ0) is 36.1. The molecule has 1 aromatic carbocycles. The monoisotopic (exact) mass is 692 g/mol. The highest BCUT2D eigenvalue weighted by atomic mass is 16.5. The third-order valence-electron chi connectivity index (χ3n) is 9.53. The third-order valence-corrected chi connectivity index (χ3v) is 9.53. The second-order valence-electron chi connectivity index (χ2n) is 14.0. The molecule has 0 aliphatic rings. The summed E-state index contributed by atoms with van der Waals surface area (Å²) in [5.74, 6) is 0.580. The van der Waals surface area contributed by atoms with Crippen LogP contribution in [0.25, 0.3) is 0 Å². The fourth-order valence-electron chi connectivity index (χ4n) is 6.73. The Morgan fingerprint density at radius 3 is 1.65 bits per heavy atom. The van der Waals surface area contributed by atoms with Crippen molar-refractivity contribution >= 4 is 23.3 Å². The van der Waals surface area contributed by atoms with Crippen molar-refractivity contribution in [3.63, 3.8) is 0 Å². The molecule has 0 aliphatic heterocycles. The predicted octanol–water partition coefficient (Wildman–Crippen LogP) is 8.77. The fourth-order valence-corrected chi connectivity index (χ4v) is 6.73. The molecule has 0 saturated carbocycles. The van der Waals surface area contributed by atoms with Crippen LogP contribution in [0.1, 0.15) is 169 Å². The van der Waals surface area contributed by atoms with Crippen LogP contribution in [0.3, 0.4) is 0 Å². The van der Waals surface area contributed by atoms with Gasteiger partial charge in [-0.05, 0) is 76.9 Å². The number of anilines is 2. The van der Waals surface area contributed by atoms with Crippen molar-refractivity contribution < 1.29 is 19.1 Å². The van der Waals surface area contributed by atoms with Gasteiger partial charge in [-0.3, -0.25) is 19.2 Å². The summed E-state index contributed by atoms with van der Waals surface area (Å²) in [6.45, 7) is 12.9. The lowest BCUT2D eigenvalue weighted by Gasteiger charge is -2.23. The topological polar surface area (TPSA) is 114 Å². The van der Waals surface area contributed by atoms with Gasteiger partial charge in [0.2, 0.25) is 0 Å². The van der Waals surface area contributed by atoms with Crippen LogP contribution in [0.5, 0.6) is 0 Å². The van der Waals surface area contributed by atoms with E-state index in [0.717, 1.165) is 122 Å². The van der Waals surface area contributed by atoms with E-state index in [1.54, 1.807) is 7.05 Å². The second-order valence-corrected chi connectivity index (χ2v) is 14.0. The lowest BCUT2D eigenvalue weighted by atomic mass is 9.95. The van der Waals surface area contributed by atoms with Crippen LogP contribution in [-0.2, 0) is 19.1 Å². The molecular weight excluding hydrogens is 618 g/mol. The van der Waals surface area contributed by atoms with Gasteiger partial charge in [-0.15, -0.1) is 0 Å². The molecule has 0 saturated heterocycles. The molecule has 49 heavy (non-hydrogen) atoms. The van der Waals surface area contributed by atoms with Crippen molar-refractivity contribution in [2.45, 2.75) is 175 Å². The molecule has 0 fully saturated rings. The summed E-state index contributed by atoms with van der Waals surface area (Å²) in [5, 5.41) is 5.97. The first-order valence-electron chi connectivity index (χ1n) is 20.1. The molecule has 0 atom stereocenters. The average Bonchev–Trinajstić information content (AvgIpc) is 3.08. The van der Waals surface area contributed by atoms with E-state index in [-0.39, 0.29) is 18.0 Å². The maximum Gasteiger partial charge on any atom is 0.306 e. The Balaban J connectivity index is 2.33. The molecule has 0 radical (unpaired) electrons. The van der Waals surface area contributed by atoms with E-state index in [1.807, 2.05) is 0 Å². The molecule has 0 bridgehead atoms. The Labute approximate surface area is 298 Å². The summed E-state index contributed by atoms with van der Waals surface area (Å²) in [4.78, 5) is 50.5. The summed E-state index contributed by atoms with van der Waals surface area (Å²) in [6, 6.07) is 0. The van der Waals surface area contributed by atoms with E-state index < -0.39 is 10.9 Å². The maximum absolute atomic E-state index is 12.3. The second kappa shape index (κ2) is 29.3. The summed E-state index contributed by atoms with van der Waals surface area (Å²) in [5.41, 5.74) is -0.0782. The minimum atomic E-state index is -0.444. The maximum atomic E-state index is 12.3. The summed E-state index contributed by atoms with van der Waals surface area (Å²) in [6.07, 6.45) is 22.4. The quantitative estimate of drug-likeness (QED) is 0.0416. The summed E-state index contributed by atoms with van der Waals surface area (Å²) < 4.78 is 11.2. The molecule has 2 N–H and O–H groups in total. The van der Waals surface area contributed by atoms with Crippen LogP contribution in [0.4, 0.5) is 11.4 Å². The smallest absolute Gasteiger partial charge is 0.306 e. The van der Waals surface area contributed by atoms with Crippen molar-refractivity contribution in [3.05, 3.63) is 20.4 Å². The van der Waals surface area contributed by atoms with Gasteiger partial charge < -0.3 is 25.0 Å². The largest absolute Gasteiger partial charge is 0.466 e. The minimum absolute atomic E-state index is 0.0458. The van der Waals surface area contributed by atoms with Crippen molar-refractivity contribution in [1.82, 2.24) is 4.90 Å². The number of hydrogen-bond donors (Lipinski definition) is 2. The van der Waals surface area contributed by atoms with E-state index in [1.165, 1.54) is 25.7 Å². The number of ether oxygens (including phenoxy) is 2. The molecule has 1 aromatic rings. The molecule has 0 unspecified atom stereocenters. The number of unbranched alkanes of at least 4 members (excludes halogenated alkanes) is 8. The number of carbonyl (C=O) groups is 2. The van der Waals surface area contributed by atoms with Gasteiger partial charge in [-0.1, -0.05) is 105 Å². The normalized spacial score (nSPS) is 11.6. The molecule has 284 valence electrons. The highest BCUT2D eigenvalue weighted by Gasteiger charge is 2.19. The Bertz CT molecular complexity index is 1040. The summed E-state index contributed by atoms with van der Waals surface area (Å²) >= 11 is 0. The van der Waals surface area contributed by atoms with Crippen LogP contribution >= 0.6 is 0 Å². The fraction of sp³-hybridized carbons (Fsp3) is 0.850. The first-order chi connectivity index (χ1) is 23.8. The zero-order valence-electron chi connectivity index (χ0n) is 32.1. The number of rotatable bonds is 34. The standard InChI is InChI=1S/C40H73N3O6/c1-6-21-33(22-7-2)27-32-48-35(44)25-16-12-10-14-18-29-43(31-20-28-42-38-37(41-5)39(46)40(38)47)30-19-15-11-13-17-26-36(45)49-34(23-8-3)24-9-4/h33-34,41-42H,6-32H2,1-5H3. The van der Waals surface area contributed by atoms with Crippen LogP contribution in [0, 0.1) is 5.92 Å². The van der Waals surface area contributed by atoms with Gasteiger partial charge in [0.15, 0.2) is 0 Å². The van der Waals surface area contributed by atoms with Crippen molar-refractivity contribution in [3.8, 4) is 0 Å². The van der Waals surface area contributed by atoms with E-state index >= 15 is 0 Å². The number of hydrogen-bond acceptors (Lipinski definition) is 9. The highest BCUT2D eigenvalue weighted by Crippen LogP contribution is 2.18. The van der Waals surface area contributed by atoms with Crippen molar-refractivity contribution in [2.75, 3.05) is 50.5 Å². The Morgan fingerprint density at radius 1 is 0.612 bits per heavy atom. The zero-order valence-corrected chi connectivity index (χ0v) is 32.1. The van der Waals surface area contributed by atoms with Crippen LogP contribution < -0.4 is 21.5 Å². The predicted molar refractivity (Wildman–Crippen MR) is 204 cm³/mol. The Hall–Kier alpha value is -2.42. The number of nitrogens with zero attached hydrogens (tertiary/aromatic N) is 1. The average molecular weight is 692 g/mol. The molecule has 1 rings (SSSR count). The van der Waals surface area contributed by atoms with E-state index in [9.17, 15) is 19.2 Å². The Kier molecular flexibility index (Phi) is 26.7. The number of carbonyl (C=O) groups excluding carboxylic acids is 2. The van der Waals surface area contributed by atoms with Gasteiger partial charge in [0, 0.05) is 26.4 Å². The molecule has 0 amide bonds. The highest BCUT2D eigenvalue weighted by molar-refractivity contribution is 5.73. The number of nitrogens with one attached hydrogen (secondary N) is 2. The molecule has 9 heteroatoms. The third kappa shape index (κ3) is 20.8. The van der Waals surface area contributed by atoms with Crippen LogP contribution in [0.15, 0.2) is 9.59 Å². The lowest BCUT2D eigenvalue weighted by Crippen LogP contribution is -2.37.